The summed E-state index contributed by atoms with van der Waals surface area (Å²) >= 11 is 5.59. The summed E-state index contributed by atoms with van der Waals surface area (Å²) in [5.41, 5.74) is 0.220. The summed E-state index contributed by atoms with van der Waals surface area (Å²) in [6, 6.07) is 1.14. The molecule has 1 saturated carbocycles. The summed E-state index contributed by atoms with van der Waals surface area (Å²) < 4.78 is 39.4. The molecule has 3 rings (SSSR count). The average molecular weight is 343 g/mol. The molecule has 1 aliphatic carbocycles. The second-order valence-electron chi connectivity index (χ2n) is 5.67. The quantitative estimate of drug-likeness (QED) is 0.612. The van der Waals surface area contributed by atoms with E-state index in [0.29, 0.717) is 25.9 Å². The summed E-state index contributed by atoms with van der Waals surface area (Å²) in [5, 5.41) is -0.0639. The molecule has 0 amide bonds. The fourth-order valence-corrected chi connectivity index (χ4v) is 4.53. The number of rotatable bonds is 2. The van der Waals surface area contributed by atoms with Gasteiger partial charge in [0.05, 0.1) is 10.8 Å². The van der Waals surface area contributed by atoms with Crippen LogP contribution in [0.3, 0.4) is 0 Å². The first-order valence-corrected chi connectivity index (χ1v) is 9.16. The molecule has 2 aliphatic rings. The van der Waals surface area contributed by atoms with Crippen molar-refractivity contribution in [3.63, 3.8) is 0 Å². The highest BCUT2D eigenvalue weighted by molar-refractivity contribution is 7.90. The van der Waals surface area contributed by atoms with Crippen LogP contribution in [0, 0.1) is 23.6 Å². The van der Waals surface area contributed by atoms with Gasteiger partial charge in [-0.3, -0.25) is 0 Å². The molecule has 118 valence electrons. The van der Waals surface area contributed by atoms with Gasteiger partial charge in [0.25, 0.3) is 0 Å². The third-order valence-electron chi connectivity index (χ3n) is 3.99. The Labute approximate surface area is 134 Å². The van der Waals surface area contributed by atoms with E-state index < -0.39 is 15.8 Å². The van der Waals surface area contributed by atoms with Gasteiger partial charge in [-0.1, -0.05) is 23.4 Å². The van der Waals surface area contributed by atoms with E-state index in [4.69, 9.17) is 11.6 Å². The van der Waals surface area contributed by atoms with E-state index in [2.05, 4.69) is 16.8 Å². The van der Waals surface area contributed by atoms with Gasteiger partial charge in [0.15, 0.2) is 0 Å². The molecule has 0 atom stereocenters. The van der Waals surface area contributed by atoms with Gasteiger partial charge < -0.3 is 0 Å². The number of pyridine rings is 1. The van der Waals surface area contributed by atoms with Crippen molar-refractivity contribution in [3.8, 4) is 11.8 Å². The molecule has 0 N–H and O–H groups in total. The normalized spacial score (nSPS) is 20.5. The van der Waals surface area contributed by atoms with Crippen LogP contribution in [-0.4, -0.2) is 36.0 Å². The van der Waals surface area contributed by atoms with Gasteiger partial charge in [-0.25, -0.2) is 22.1 Å². The summed E-state index contributed by atoms with van der Waals surface area (Å²) in [4.78, 5) is 3.81. The number of hydrogen-bond acceptors (Lipinski definition) is 3. The van der Waals surface area contributed by atoms with E-state index in [1.54, 1.807) is 4.31 Å². The highest BCUT2D eigenvalue weighted by Gasteiger charge is 2.40. The molecule has 1 aromatic heterocycles. The SMILES string of the molecule is O=S(=O)(C1CC1)N1CCC(C#Cc2cnc(Cl)cc2F)CC1. The van der Waals surface area contributed by atoms with Crippen LogP contribution in [-0.2, 0) is 10.0 Å². The predicted molar refractivity (Wildman–Crippen MR) is 82.3 cm³/mol. The van der Waals surface area contributed by atoms with Crippen molar-refractivity contribution in [1.29, 1.82) is 0 Å². The minimum atomic E-state index is -3.09. The molecule has 7 heteroatoms. The van der Waals surface area contributed by atoms with Crippen molar-refractivity contribution in [1.82, 2.24) is 9.29 Å². The van der Waals surface area contributed by atoms with Gasteiger partial charge in [-0.15, -0.1) is 0 Å². The zero-order chi connectivity index (χ0) is 15.7. The largest absolute Gasteiger partial charge is 0.243 e. The van der Waals surface area contributed by atoms with Crippen LogP contribution in [0.5, 0.6) is 0 Å². The number of sulfonamides is 1. The van der Waals surface area contributed by atoms with Crippen LogP contribution in [0.4, 0.5) is 4.39 Å². The maximum absolute atomic E-state index is 13.6. The number of piperidine rings is 1. The van der Waals surface area contributed by atoms with E-state index >= 15 is 0 Å². The molecular formula is C15H16ClFN2O2S. The van der Waals surface area contributed by atoms with Crippen molar-refractivity contribution in [2.75, 3.05) is 13.1 Å². The molecule has 0 aromatic carbocycles. The highest BCUT2D eigenvalue weighted by Crippen LogP contribution is 2.33. The molecule has 1 saturated heterocycles. The lowest BCUT2D eigenvalue weighted by molar-refractivity contribution is 0.311. The third-order valence-corrected chi connectivity index (χ3v) is 6.60. The van der Waals surface area contributed by atoms with Crippen molar-refractivity contribution < 1.29 is 12.8 Å². The number of aromatic nitrogens is 1. The van der Waals surface area contributed by atoms with Crippen molar-refractivity contribution in [3.05, 3.63) is 28.8 Å². The molecule has 1 aliphatic heterocycles. The Bertz CT molecular complexity index is 730. The van der Waals surface area contributed by atoms with Gasteiger partial charge >= 0.3 is 0 Å². The Balaban J connectivity index is 1.62. The molecule has 2 heterocycles. The Morgan fingerprint density at radius 2 is 1.95 bits per heavy atom. The zero-order valence-electron chi connectivity index (χ0n) is 11.9. The highest BCUT2D eigenvalue weighted by atomic mass is 35.5. The molecule has 22 heavy (non-hydrogen) atoms. The van der Waals surface area contributed by atoms with Gasteiger partial charge in [0.1, 0.15) is 11.0 Å². The van der Waals surface area contributed by atoms with E-state index in [1.807, 2.05) is 0 Å². The maximum atomic E-state index is 13.6. The maximum Gasteiger partial charge on any atom is 0.216 e. The molecule has 0 unspecified atom stereocenters. The van der Waals surface area contributed by atoms with Gasteiger partial charge in [0, 0.05) is 31.3 Å². The fraction of sp³-hybridized carbons (Fsp3) is 0.533. The lowest BCUT2D eigenvalue weighted by atomic mass is 9.98. The lowest BCUT2D eigenvalue weighted by Gasteiger charge is -2.29. The minimum absolute atomic E-state index is 0.0840. The van der Waals surface area contributed by atoms with Crippen LogP contribution in [0.25, 0.3) is 0 Å². The Hall–Kier alpha value is -1.16. The second-order valence-corrected chi connectivity index (χ2v) is 8.27. The Morgan fingerprint density at radius 1 is 1.27 bits per heavy atom. The number of nitrogens with zero attached hydrogens (tertiary/aromatic N) is 2. The van der Waals surface area contributed by atoms with E-state index in [-0.39, 0.29) is 21.9 Å². The smallest absolute Gasteiger partial charge is 0.216 e. The summed E-state index contributed by atoms with van der Waals surface area (Å²) in [6.07, 6.45) is 4.25. The van der Waals surface area contributed by atoms with Gasteiger partial charge in [0.2, 0.25) is 10.0 Å². The molecule has 0 bridgehead atoms. The van der Waals surface area contributed by atoms with Crippen LogP contribution < -0.4 is 0 Å². The first kappa shape index (κ1) is 15.7. The molecule has 0 radical (unpaired) electrons. The Morgan fingerprint density at radius 3 is 2.55 bits per heavy atom. The standard InChI is InChI=1S/C15H16ClFN2O2S/c16-15-9-14(17)12(10-18-15)2-1-11-5-7-19(8-6-11)22(20,21)13-3-4-13/h9-11,13H,3-8H2. The number of halogens is 2. The molecular weight excluding hydrogens is 327 g/mol. The number of hydrogen-bond donors (Lipinski definition) is 0. The summed E-state index contributed by atoms with van der Waals surface area (Å²) in [5.74, 6) is 5.40. The summed E-state index contributed by atoms with van der Waals surface area (Å²) in [6.45, 7) is 0.999. The molecule has 2 fully saturated rings. The van der Waals surface area contributed by atoms with Crippen LogP contribution in [0.1, 0.15) is 31.2 Å². The lowest BCUT2D eigenvalue weighted by Crippen LogP contribution is -2.40. The van der Waals surface area contributed by atoms with Gasteiger partial charge in [-0.2, -0.15) is 0 Å². The predicted octanol–water partition coefficient (Wildman–Crippen LogP) is 2.43. The van der Waals surface area contributed by atoms with Crippen molar-refractivity contribution in [2.45, 2.75) is 30.9 Å². The topological polar surface area (TPSA) is 50.3 Å². The monoisotopic (exact) mass is 342 g/mol. The van der Waals surface area contributed by atoms with Crippen LogP contribution >= 0.6 is 11.6 Å². The average Bonchev–Trinajstić information content (AvgIpc) is 3.32. The van der Waals surface area contributed by atoms with Gasteiger partial charge in [-0.05, 0) is 25.7 Å². The fourth-order valence-electron chi connectivity index (χ4n) is 2.51. The van der Waals surface area contributed by atoms with E-state index in [0.717, 1.165) is 18.9 Å². The first-order chi connectivity index (χ1) is 10.5. The third kappa shape index (κ3) is 3.43. The second kappa shape index (κ2) is 6.15. The molecule has 1 aromatic rings. The zero-order valence-corrected chi connectivity index (χ0v) is 13.5. The van der Waals surface area contributed by atoms with Crippen molar-refractivity contribution in [2.24, 2.45) is 5.92 Å². The van der Waals surface area contributed by atoms with Crippen LogP contribution in [0.15, 0.2) is 12.3 Å². The Kier molecular flexibility index (Phi) is 4.40. The van der Waals surface area contributed by atoms with E-state index in [9.17, 15) is 12.8 Å². The first-order valence-electron chi connectivity index (χ1n) is 7.28. The minimum Gasteiger partial charge on any atom is -0.243 e. The summed E-state index contributed by atoms with van der Waals surface area (Å²) in [7, 11) is -3.09. The molecule has 4 nitrogen and oxygen atoms in total. The van der Waals surface area contributed by atoms with Crippen LogP contribution in [0.2, 0.25) is 5.15 Å². The van der Waals surface area contributed by atoms with Crippen molar-refractivity contribution >= 4 is 21.6 Å². The van der Waals surface area contributed by atoms with E-state index in [1.165, 1.54) is 6.20 Å². The molecule has 0 spiro atoms.